The zero-order valence-corrected chi connectivity index (χ0v) is 11.6. The summed E-state index contributed by atoms with van der Waals surface area (Å²) in [6.45, 7) is 3.49. The molecule has 102 valence electrons. The van der Waals surface area contributed by atoms with Gasteiger partial charge in [0.05, 0.1) is 26.7 Å². The van der Waals surface area contributed by atoms with Gasteiger partial charge >= 0.3 is 5.97 Å². The highest BCUT2D eigenvalue weighted by Gasteiger charge is 2.15. The second-order valence-corrected chi connectivity index (χ2v) is 5.61. The minimum absolute atomic E-state index is 0.165. The van der Waals surface area contributed by atoms with E-state index in [1.54, 1.807) is 14.0 Å². The van der Waals surface area contributed by atoms with Crippen LogP contribution in [0.3, 0.4) is 0 Å². The predicted molar refractivity (Wildman–Crippen MR) is 66.4 cm³/mol. The van der Waals surface area contributed by atoms with E-state index in [2.05, 4.69) is 4.74 Å². The van der Waals surface area contributed by atoms with Crippen molar-refractivity contribution in [3.8, 4) is 0 Å². The molecule has 17 heavy (non-hydrogen) atoms. The first kappa shape index (κ1) is 16.5. The van der Waals surface area contributed by atoms with Gasteiger partial charge in [-0.1, -0.05) is 6.92 Å². The average Bonchev–Trinajstić information content (AvgIpc) is 2.32. The Morgan fingerprint density at radius 2 is 1.94 bits per heavy atom. The summed E-state index contributed by atoms with van der Waals surface area (Å²) in [4.78, 5) is 11.0. The third-order valence-electron chi connectivity index (χ3n) is 2.20. The predicted octanol–water partition coefficient (Wildman–Crippen LogP) is 0.740. The van der Waals surface area contributed by atoms with Gasteiger partial charge in [0.1, 0.15) is 0 Å². The lowest BCUT2D eigenvalue weighted by Gasteiger charge is -2.10. The molecule has 0 aliphatic rings. The van der Waals surface area contributed by atoms with Gasteiger partial charge in [0.15, 0.2) is 0 Å². The Bertz CT molecular complexity index is 232. The van der Waals surface area contributed by atoms with Crippen LogP contribution in [0.4, 0.5) is 0 Å². The highest BCUT2D eigenvalue weighted by Crippen LogP contribution is 2.04. The van der Waals surface area contributed by atoms with Crippen molar-refractivity contribution in [2.45, 2.75) is 25.0 Å². The molecule has 0 aromatic heterocycles. The average molecular weight is 266 g/mol. The van der Waals surface area contributed by atoms with Crippen LogP contribution in [0.1, 0.15) is 19.8 Å². The van der Waals surface area contributed by atoms with Crippen LogP contribution in [-0.2, 0) is 29.8 Å². The number of carbonyl (C=O) groups is 1. The van der Waals surface area contributed by atoms with Gasteiger partial charge in [-0.25, -0.2) is 0 Å². The van der Waals surface area contributed by atoms with Gasteiger partial charge in [-0.2, -0.15) is 0 Å². The Kier molecular flexibility index (Phi) is 10.4. The maximum absolute atomic E-state index is 11.7. The van der Waals surface area contributed by atoms with E-state index in [-0.39, 0.29) is 17.6 Å². The Morgan fingerprint density at radius 1 is 1.24 bits per heavy atom. The van der Waals surface area contributed by atoms with Crippen LogP contribution >= 0.6 is 0 Å². The number of hydrogen-bond acceptors (Lipinski definition) is 5. The molecule has 0 amide bonds. The number of ether oxygens (including phenoxy) is 3. The summed E-state index contributed by atoms with van der Waals surface area (Å²) in [7, 11) is 1.95. The van der Waals surface area contributed by atoms with Crippen molar-refractivity contribution >= 4 is 16.8 Å². The molecular formula is C11H22O5S. The zero-order chi connectivity index (χ0) is 13.1. The molecule has 2 atom stereocenters. The molecule has 2 unspecified atom stereocenters. The third kappa shape index (κ3) is 9.26. The first-order chi connectivity index (χ1) is 8.11. The van der Waals surface area contributed by atoms with E-state index in [0.717, 1.165) is 6.42 Å². The molecule has 0 rings (SSSR count). The quantitative estimate of drug-likeness (QED) is 0.431. The standard InChI is InChI=1S/C11H22O5S/c1-10(9-11(12)15-3)17(13)8-4-5-16-7-6-14-2/h10H,4-9H2,1-3H3. The van der Waals surface area contributed by atoms with Gasteiger partial charge in [-0.05, 0) is 6.42 Å². The van der Waals surface area contributed by atoms with Gasteiger partial charge in [-0.3, -0.25) is 9.00 Å². The fourth-order valence-electron chi connectivity index (χ4n) is 1.16. The largest absolute Gasteiger partial charge is 0.469 e. The van der Waals surface area contributed by atoms with Gasteiger partial charge in [0.25, 0.3) is 0 Å². The van der Waals surface area contributed by atoms with Crippen LogP contribution in [0.5, 0.6) is 0 Å². The maximum Gasteiger partial charge on any atom is 0.306 e. The lowest BCUT2D eigenvalue weighted by Crippen LogP contribution is -2.20. The van der Waals surface area contributed by atoms with Crippen LogP contribution in [0.25, 0.3) is 0 Å². The molecular weight excluding hydrogens is 244 g/mol. The lowest BCUT2D eigenvalue weighted by atomic mass is 10.3. The fraction of sp³-hybridized carbons (Fsp3) is 0.909. The molecule has 5 nitrogen and oxygen atoms in total. The summed E-state index contributed by atoms with van der Waals surface area (Å²) in [6, 6.07) is 0. The Hall–Kier alpha value is -0.460. The molecule has 0 heterocycles. The maximum atomic E-state index is 11.7. The molecule has 0 saturated carbocycles. The van der Waals surface area contributed by atoms with E-state index in [9.17, 15) is 9.00 Å². The van der Waals surface area contributed by atoms with Gasteiger partial charge < -0.3 is 14.2 Å². The molecule has 6 heteroatoms. The molecule has 0 fully saturated rings. The van der Waals surface area contributed by atoms with Crippen molar-refractivity contribution in [3.63, 3.8) is 0 Å². The van der Waals surface area contributed by atoms with E-state index in [4.69, 9.17) is 9.47 Å². The second kappa shape index (κ2) is 10.7. The van der Waals surface area contributed by atoms with Crippen molar-refractivity contribution < 1.29 is 23.2 Å². The van der Waals surface area contributed by atoms with Crippen molar-refractivity contribution in [3.05, 3.63) is 0 Å². The fourth-order valence-corrected chi connectivity index (χ4v) is 2.29. The molecule has 0 aromatic carbocycles. The molecule has 0 radical (unpaired) electrons. The first-order valence-electron chi connectivity index (χ1n) is 5.62. The molecule has 0 aliphatic carbocycles. The summed E-state index contributed by atoms with van der Waals surface area (Å²) < 4.78 is 26.3. The minimum atomic E-state index is -1.01. The summed E-state index contributed by atoms with van der Waals surface area (Å²) in [5, 5.41) is -0.165. The zero-order valence-electron chi connectivity index (χ0n) is 10.8. The van der Waals surface area contributed by atoms with Gasteiger partial charge in [-0.15, -0.1) is 0 Å². The van der Waals surface area contributed by atoms with E-state index < -0.39 is 10.8 Å². The molecule has 0 aromatic rings. The second-order valence-electron chi connectivity index (χ2n) is 3.63. The molecule has 0 bridgehead atoms. The number of hydrogen-bond donors (Lipinski definition) is 0. The lowest BCUT2D eigenvalue weighted by molar-refractivity contribution is -0.140. The van der Waals surface area contributed by atoms with Crippen LogP contribution < -0.4 is 0 Å². The van der Waals surface area contributed by atoms with Crippen LogP contribution in [-0.4, -0.2) is 55.2 Å². The van der Waals surface area contributed by atoms with E-state index in [0.29, 0.717) is 25.6 Å². The molecule has 0 N–H and O–H groups in total. The van der Waals surface area contributed by atoms with E-state index in [1.807, 2.05) is 0 Å². The normalized spacial score (nSPS) is 14.3. The summed E-state index contributed by atoms with van der Waals surface area (Å²) in [6.07, 6.45) is 0.926. The Balaban J connectivity index is 3.54. The highest BCUT2D eigenvalue weighted by atomic mass is 32.2. The number of esters is 1. The Morgan fingerprint density at radius 3 is 2.53 bits per heavy atom. The summed E-state index contributed by atoms with van der Waals surface area (Å²) >= 11 is 0. The summed E-state index contributed by atoms with van der Waals surface area (Å²) in [5.74, 6) is 0.229. The van der Waals surface area contributed by atoms with Crippen molar-refractivity contribution in [2.24, 2.45) is 0 Å². The number of methoxy groups -OCH3 is 2. The smallest absolute Gasteiger partial charge is 0.306 e. The van der Waals surface area contributed by atoms with Crippen molar-refractivity contribution in [1.82, 2.24) is 0 Å². The van der Waals surface area contributed by atoms with Gasteiger partial charge in [0, 0.05) is 35.5 Å². The Labute approximate surface area is 105 Å². The van der Waals surface area contributed by atoms with Crippen LogP contribution in [0, 0.1) is 0 Å². The highest BCUT2D eigenvalue weighted by molar-refractivity contribution is 7.85. The van der Waals surface area contributed by atoms with E-state index in [1.165, 1.54) is 7.11 Å². The topological polar surface area (TPSA) is 61.8 Å². The van der Waals surface area contributed by atoms with E-state index >= 15 is 0 Å². The molecule has 0 spiro atoms. The third-order valence-corrected chi connectivity index (χ3v) is 3.95. The minimum Gasteiger partial charge on any atom is -0.469 e. The summed E-state index contributed by atoms with van der Waals surface area (Å²) in [5.41, 5.74) is 0. The van der Waals surface area contributed by atoms with Gasteiger partial charge in [0.2, 0.25) is 0 Å². The van der Waals surface area contributed by atoms with Crippen LogP contribution in [0.2, 0.25) is 0 Å². The van der Waals surface area contributed by atoms with Crippen molar-refractivity contribution in [2.75, 3.05) is 39.8 Å². The van der Waals surface area contributed by atoms with Crippen LogP contribution in [0.15, 0.2) is 0 Å². The molecule has 0 saturated heterocycles. The SMILES string of the molecule is COCCOCCCS(=O)C(C)CC(=O)OC. The first-order valence-corrected chi connectivity index (χ1v) is 7.00. The number of rotatable bonds is 10. The molecule has 0 aliphatic heterocycles. The number of carbonyl (C=O) groups excluding carboxylic acids is 1. The monoisotopic (exact) mass is 266 g/mol. The van der Waals surface area contributed by atoms with Crippen molar-refractivity contribution in [1.29, 1.82) is 0 Å².